The Morgan fingerprint density at radius 3 is 3.00 bits per heavy atom. The van der Waals surface area contributed by atoms with Gasteiger partial charge in [0.05, 0.1) is 12.9 Å². The van der Waals surface area contributed by atoms with Crippen LogP contribution in [0, 0.1) is 0 Å². The number of halogens is 1. The first-order valence-corrected chi connectivity index (χ1v) is 5.27. The Hall–Kier alpha value is -2.06. The van der Waals surface area contributed by atoms with Gasteiger partial charge in [-0.2, -0.15) is 0 Å². The van der Waals surface area contributed by atoms with Gasteiger partial charge in [0, 0.05) is 0 Å². The highest BCUT2D eigenvalue weighted by Gasteiger charge is 2.30. The van der Waals surface area contributed by atoms with Gasteiger partial charge < -0.3 is 15.6 Å². The molecule has 0 aliphatic carbocycles. The number of fused-ring (bicyclic) bond motifs is 1. The topological polar surface area (TPSA) is 99.1 Å². The molecule has 7 nitrogen and oxygen atoms in total. The van der Waals surface area contributed by atoms with E-state index >= 15 is 0 Å². The van der Waals surface area contributed by atoms with Crippen molar-refractivity contribution in [3.63, 3.8) is 0 Å². The van der Waals surface area contributed by atoms with Crippen LogP contribution in [0.2, 0.25) is 0 Å². The van der Waals surface area contributed by atoms with E-state index in [1.807, 2.05) is 0 Å². The second kappa shape index (κ2) is 4.00. The van der Waals surface area contributed by atoms with E-state index in [-0.39, 0.29) is 12.4 Å². The van der Waals surface area contributed by atoms with Crippen molar-refractivity contribution in [2.45, 2.75) is 12.3 Å². The second-order valence-electron chi connectivity index (χ2n) is 3.84. The molecule has 3 N–H and O–H groups in total. The summed E-state index contributed by atoms with van der Waals surface area (Å²) in [6.45, 7) is -0.284. The largest absolute Gasteiger partial charge is 0.393 e. The first-order chi connectivity index (χ1) is 8.70. The van der Waals surface area contributed by atoms with E-state index in [4.69, 9.17) is 15.6 Å². The molecular weight excluding hydrogens is 241 g/mol. The molecule has 8 heteroatoms. The smallest absolute Gasteiger partial charge is 0.189 e. The number of nitrogen functional groups attached to an aromatic ring is 1. The molecule has 3 heterocycles. The lowest BCUT2D eigenvalue weighted by Crippen LogP contribution is -2.16. The van der Waals surface area contributed by atoms with E-state index < -0.39 is 18.2 Å². The van der Waals surface area contributed by atoms with E-state index in [1.54, 1.807) is 0 Å². The highest BCUT2D eigenvalue weighted by Crippen LogP contribution is 2.32. The molecular formula is C10H10FN5O2. The molecule has 0 bridgehead atoms. The maximum Gasteiger partial charge on any atom is 0.189 e. The van der Waals surface area contributed by atoms with Gasteiger partial charge in [-0.1, -0.05) is 0 Å². The van der Waals surface area contributed by atoms with Crippen molar-refractivity contribution in [3.8, 4) is 0 Å². The van der Waals surface area contributed by atoms with Crippen LogP contribution in [-0.4, -0.2) is 37.3 Å². The Labute approximate surface area is 101 Å². The average molecular weight is 251 g/mol. The number of ether oxygens (including phenoxy) is 1. The molecule has 1 aliphatic heterocycles. The molecule has 0 fully saturated rings. The number of anilines is 1. The van der Waals surface area contributed by atoms with Gasteiger partial charge in [-0.3, -0.25) is 4.57 Å². The van der Waals surface area contributed by atoms with Crippen molar-refractivity contribution >= 4 is 17.0 Å². The minimum absolute atomic E-state index is 0.222. The molecule has 0 unspecified atom stereocenters. The number of nitrogens with zero attached hydrogens (tertiary/aromatic N) is 4. The summed E-state index contributed by atoms with van der Waals surface area (Å²) in [6, 6.07) is 0. The van der Waals surface area contributed by atoms with E-state index in [2.05, 4.69) is 15.0 Å². The molecule has 1 aliphatic rings. The van der Waals surface area contributed by atoms with Crippen molar-refractivity contribution in [1.82, 2.24) is 19.5 Å². The Morgan fingerprint density at radius 2 is 2.28 bits per heavy atom. The van der Waals surface area contributed by atoms with Crippen molar-refractivity contribution in [3.05, 3.63) is 24.6 Å². The summed E-state index contributed by atoms with van der Waals surface area (Å²) in [6.07, 6.45) is 2.25. The van der Waals surface area contributed by atoms with E-state index in [9.17, 15) is 4.39 Å². The van der Waals surface area contributed by atoms with E-state index in [0.29, 0.717) is 11.2 Å². The van der Waals surface area contributed by atoms with Crippen LogP contribution in [0.15, 0.2) is 24.6 Å². The van der Waals surface area contributed by atoms with Crippen LogP contribution in [0.25, 0.3) is 11.2 Å². The van der Waals surface area contributed by atoms with Crippen LogP contribution in [0.5, 0.6) is 0 Å². The predicted molar refractivity (Wildman–Crippen MR) is 59.9 cm³/mol. The third-order valence-corrected chi connectivity index (χ3v) is 2.70. The van der Waals surface area contributed by atoms with Crippen molar-refractivity contribution < 1.29 is 14.2 Å². The van der Waals surface area contributed by atoms with Crippen molar-refractivity contribution in [2.24, 2.45) is 0 Å². The summed E-state index contributed by atoms with van der Waals surface area (Å²) in [5.74, 6) is -0.273. The third kappa shape index (κ3) is 1.54. The fraction of sp³-hybridized carbons (Fsp3) is 0.300. The number of hydrogen-bond donors (Lipinski definition) is 2. The van der Waals surface area contributed by atoms with Gasteiger partial charge in [0.2, 0.25) is 0 Å². The average Bonchev–Trinajstić information content (AvgIpc) is 2.93. The number of hydrogen-bond acceptors (Lipinski definition) is 6. The van der Waals surface area contributed by atoms with Gasteiger partial charge in [0.15, 0.2) is 17.7 Å². The number of aliphatic hydroxyl groups excluding tert-OH is 1. The summed E-state index contributed by atoms with van der Waals surface area (Å²) in [7, 11) is 0. The lowest BCUT2D eigenvalue weighted by atomic mass is 10.3. The van der Waals surface area contributed by atoms with Gasteiger partial charge >= 0.3 is 0 Å². The summed E-state index contributed by atoms with van der Waals surface area (Å²) in [5, 5.41) is 8.95. The summed E-state index contributed by atoms with van der Waals surface area (Å²) < 4.78 is 20.4. The molecule has 0 amide bonds. The van der Waals surface area contributed by atoms with Crippen molar-refractivity contribution in [1.29, 1.82) is 0 Å². The number of aromatic nitrogens is 4. The quantitative estimate of drug-likeness (QED) is 0.788. The van der Waals surface area contributed by atoms with Crippen LogP contribution in [-0.2, 0) is 4.74 Å². The van der Waals surface area contributed by atoms with Gasteiger partial charge in [0.25, 0.3) is 0 Å². The predicted octanol–water partition coefficient (Wildman–Crippen LogP) is 0.152. The Morgan fingerprint density at radius 1 is 1.44 bits per heavy atom. The Kier molecular flexibility index (Phi) is 2.46. The highest BCUT2D eigenvalue weighted by atomic mass is 19.1. The summed E-state index contributed by atoms with van der Waals surface area (Å²) in [4.78, 5) is 11.8. The van der Waals surface area contributed by atoms with Crippen LogP contribution in [0.4, 0.5) is 10.2 Å². The molecule has 94 valence electrons. The SMILES string of the molecule is Nc1ncnc2c1ncn2[C@@H]1O[C@@H](CO)C=C1F. The maximum absolute atomic E-state index is 13.7. The molecule has 0 spiro atoms. The molecule has 0 saturated carbocycles. The van der Waals surface area contributed by atoms with Gasteiger partial charge in [-0.25, -0.2) is 19.3 Å². The van der Waals surface area contributed by atoms with E-state index in [1.165, 1.54) is 23.3 Å². The first-order valence-electron chi connectivity index (χ1n) is 5.27. The number of rotatable bonds is 2. The molecule has 2 aromatic heterocycles. The highest BCUT2D eigenvalue weighted by molar-refractivity contribution is 5.81. The van der Waals surface area contributed by atoms with Gasteiger partial charge in [-0.15, -0.1) is 0 Å². The monoisotopic (exact) mass is 251 g/mol. The number of nitrogens with two attached hydrogens (primary N) is 1. The minimum Gasteiger partial charge on any atom is -0.393 e. The van der Waals surface area contributed by atoms with Gasteiger partial charge in [0.1, 0.15) is 23.8 Å². The van der Waals surface area contributed by atoms with Crippen LogP contribution >= 0.6 is 0 Å². The fourth-order valence-corrected chi connectivity index (χ4v) is 1.87. The second-order valence-corrected chi connectivity index (χ2v) is 3.84. The third-order valence-electron chi connectivity index (χ3n) is 2.70. The molecule has 3 rings (SSSR count). The lowest BCUT2D eigenvalue weighted by Gasteiger charge is -2.14. The zero-order valence-electron chi connectivity index (χ0n) is 9.19. The lowest BCUT2D eigenvalue weighted by molar-refractivity contribution is -0.0174. The Bertz CT molecular complexity index is 626. The summed E-state index contributed by atoms with van der Waals surface area (Å²) in [5.41, 5.74) is 6.41. The maximum atomic E-state index is 13.7. The minimum atomic E-state index is -0.971. The van der Waals surface area contributed by atoms with Gasteiger partial charge in [-0.05, 0) is 6.08 Å². The normalized spacial score (nSPS) is 23.6. The standard InChI is InChI=1S/C10H10FN5O2/c11-6-1-5(2-17)18-10(6)16-4-15-7-8(12)13-3-14-9(7)16/h1,3-5,10,17H,2H2,(H2,12,13,14)/t5-,10-/m1/s1. The zero-order chi connectivity index (χ0) is 12.7. The number of imidazole rings is 1. The molecule has 2 atom stereocenters. The molecule has 0 aromatic carbocycles. The molecule has 2 aromatic rings. The van der Waals surface area contributed by atoms with Crippen molar-refractivity contribution in [2.75, 3.05) is 12.3 Å². The first kappa shape index (κ1) is 11.1. The Balaban J connectivity index is 2.06. The fourth-order valence-electron chi connectivity index (χ4n) is 1.87. The molecule has 0 saturated heterocycles. The molecule has 0 radical (unpaired) electrons. The number of aliphatic hydroxyl groups is 1. The van der Waals surface area contributed by atoms with Crippen LogP contribution in [0.1, 0.15) is 6.23 Å². The van der Waals surface area contributed by atoms with Crippen LogP contribution in [0.3, 0.4) is 0 Å². The van der Waals surface area contributed by atoms with E-state index in [0.717, 1.165) is 0 Å². The summed E-state index contributed by atoms with van der Waals surface area (Å²) >= 11 is 0. The van der Waals surface area contributed by atoms with Crippen LogP contribution < -0.4 is 5.73 Å². The zero-order valence-corrected chi connectivity index (χ0v) is 9.19. The molecule has 18 heavy (non-hydrogen) atoms.